The van der Waals surface area contributed by atoms with Crippen LogP contribution < -0.4 is 14.8 Å². The fourth-order valence-electron chi connectivity index (χ4n) is 4.35. The van der Waals surface area contributed by atoms with Gasteiger partial charge in [0, 0.05) is 24.7 Å². The Morgan fingerprint density at radius 1 is 0.971 bits per heavy atom. The van der Waals surface area contributed by atoms with Crippen LogP contribution in [-0.2, 0) is 12.8 Å². The number of hydrogen-bond donors (Lipinski definition) is 1. The second-order valence-corrected chi connectivity index (χ2v) is 8.87. The normalized spacial score (nSPS) is 15.9. The minimum Gasteiger partial charge on any atom is -0.493 e. The lowest BCUT2D eigenvalue weighted by Crippen LogP contribution is -2.33. The first-order chi connectivity index (χ1) is 16.9. The molecule has 35 heavy (non-hydrogen) atoms. The number of methoxy groups -OCH3 is 1. The van der Waals surface area contributed by atoms with Crippen molar-refractivity contribution in [3.63, 3.8) is 0 Å². The minimum atomic E-state index is -4.46. The smallest absolute Gasteiger partial charge is 0.416 e. The molecule has 0 aromatic heterocycles. The molecule has 1 saturated heterocycles. The van der Waals surface area contributed by atoms with E-state index in [1.165, 1.54) is 6.07 Å². The summed E-state index contributed by atoms with van der Waals surface area (Å²) in [5.74, 6) is 1.08. The molecule has 0 amide bonds. The third-order valence-electron chi connectivity index (χ3n) is 6.10. The summed E-state index contributed by atoms with van der Waals surface area (Å²) in [5, 5.41) is 3.64. The van der Waals surface area contributed by atoms with Gasteiger partial charge in [0.25, 0.3) is 0 Å². The van der Waals surface area contributed by atoms with Crippen molar-refractivity contribution in [2.24, 2.45) is 0 Å². The molecule has 0 radical (unpaired) electrons. The average molecular weight is 505 g/mol. The second kappa shape index (κ2) is 11.3. The molecule has 4 rings (SSSR count). The number of alkyl halides is 3. The van der Waals surface area contributed by atoms with Crippen molar-refractivity contribution in [1.29, 1.82) is 0 Å². The van der Waals surface area contributed by atoms with Crippen molar-refractivity contribution < 1.29 is 22.6 Å². The first-order valence-electron chi connectivity index (χ1n) is 11.5. The van der Waals surface area contributed by atoms with E-state index < -0.39 is 17.8 Å². The molecule has 1 fully saturated rings. The van der Waals surface area contributed by atoms with Crippen LogP contribution >= 0.6 is 11.6 Å². The van der Waals surface area contributed by atoms with E-state index in [1.807, 2.05) is 48.5 Å². The minimum absolute atomic E-state index is 0.295. The Bertz CT molecular complexity index is 1120. The zero-order chi connectivity index (χ0) is 24.8. The summed E-state index contributed by atoms with van der Waals surface area (Å²) in [7, 11) is 1.55. The summed E-state index contributed by atoms with van der Waals surface area (Å²) in [6, 6.07) is 18.3. The van der Waals surface area contributed by atoms with Gasteiger partial charge >= 0.3 is 6.18 Å². The summed E-state index contributed by atoms with van der Waals surface area (Å²) in [5.41, 5.74) is 1.51. The van der Waals surface area contributed by atoms with Gasteiger partial charge in [-0.3, -0.25) is 4.90 Å². The molecule has 186 valence electrons. The van der Waals surface area contributed by atoms with E-state index in [0.29, 0.717) is 35.2 Å². The maximum atomic E-state index is 13.6. The molecule has 1 aliphatic heterocycles. The van der Waals surface area contributed by atoms with E-state index in [0.717, 1.165) is 49.3 Å². The van der Waals surface area contributed by atoms with Crippen LogP contribution in [-0.4, -0.2) is 38.2 Å². The van der Waals surface area contributed by atoms with Gasteiger partial charge in [-0.05, 0) is 60.0 Å². The third kappa shape index (κ3) is 6.28. The quantitative estimate of drug-likeness (QED) is 0.407. The van der Waals surface area contributed by atoms with Gasteiger partial charge in [0.15, 0.2) is 11.5 Å². The molecule has 0 spiro atoms. The number of benzene rings is 3. The number of rotatable bonds is 7. The van der Waals surface area contributed by atoms with Gasteiger partial charge in [-0.1, -0.05) is 48.0 Å². The van der Waals surface area contributed by atoms with Crippen LogP contribution in [0, 0.1) is 0 Å². The van der Waals surface area contributed by atoms with Crippen LogP contribution in [0.2, 0.25) is 5.02 Å². The number of nitrogens with one attached hydrogen (secondary N) is 1. The van der Waals surface area contributed by atoms with Crippen LogP contribution in [0.4, 0.5) is 13.2 Å². The van der Waals surface area contributed by atoms with E-state index in [9.17, 15) is 13.2 Å². The summed E-state index contributed by atoms with van der Waals surface area (Å²) in [6.07, 6.45) is -3.58. The maximum Gasteiger partial charge on any atom is 0.416 e. The highest BCUT2D eigenvalue weighted by atomic mass is 35.5. The van der Waals surface area contributed by atoms with E-state index in [2.05, 4.69) is 10.2 Å². The van der Waals surface area contributed by atoms with Crippen molar-refractivity contribution in [2.75, 3.05) is 33.3 Å². The lowest BCUT2D eigenvalue weighted by molar-refractivity contribution is -0.137. The molecule has 1 unspecified atom stereocenters. The van der Waals surface area contributed by atoms with Crippen LogP contribution in [0.1, 0.15) is 34.7 Å². The van der Waals surface area contributed by atoms with Gasteiger partial charge < -0.3 is 14.8 Å². The zero-order valence-electron chi connectivity index (χ0n) is 19.4. The monoisotopic (exact) mass is 504 g/mol. The van der Waals surface area contributed by atoms with Gasteiger partial charge in [-0.15, -0.1) is 0 Å². The van der Waals surface area contributed by atoms with Crippen molar-refractivity contribution in [3.05, 3.63) is 94.0 Å². The first kappa shape index (κ1) is 25.4. The van der Waals surface area contributed by atoms with Gasteiger partial charge in [-0.25, -0.2) is 0 Å². The van der Waals surface area contributed by atoms with Crippen LogP contribution in [0.3, 0.4) is 0 Å². The largest absolute Gasteiger partial charge is 0.493 e. The standard InChI is InChI=1S/C27H28ClF3N2O2/c1-34-25-16-20(8-11-24(25)35-18-19-6-3-2-4-7-19)26(33-14-5-12-32-13-15-33)22-17-21(27(29,30)31)9-10-23(22)28/h2-4,6-11,16-17,26,32H,5,12-15,18H2,1H3. The van der Waals surface area contributed by atoms with E-state index in [4.69, 9.17) is 21.1 Å². The van der Waals surface area contributed by atoms with Gasteiger partial charge in [-0.2, -0.15) is 13.2 Å². The Morgan fingerprint density at radius 3 is 2.51 bits per heavy atom. The predicted molar refractivity (Wildman–Crippen MR) is 131 cm³/mol. The van der Waals surface area contributed by atoms with Gasteiger partial charge in [0.05, 0.1) is 18.7 Å². The number of hydrogen-bond acceptors (Lipinski definition) is 4. The molecule has 1 atom stereocenters. The summed E-state index contributed by atoms with van der Waals surface area (Å²) in [6.45, 7) is 3.36. The van der Waals surface area contributed by atoms with Gasteiger partial charge in [0.1, 0.15) is 6.61 Å². The number of nitrogens with zero attached hydrogens (tertiary/aromatic N) is 1. The van der Waals surface area contributed by atoms with E-state index >= 15 is 0 Å². The second-order valence-electron chi connectivity index (χ2n) is 8.46. The molecule has 8 heteroatoms. The molecular formula is C27H28ClF3N2O2. The molecule has 1 aliphatic rings. The van der Waals surface area contributed by atoms with E-state index in [-0.39, 0.29) is 0 Å². The molecule has 3 aromatic carbocycles. The third-order valence-corrected chi connectivity index (χ3v) is 6.44. The molecule has 0 bridgehead atoms. The topological polar surface area (TPSA) is 33.7 Å². The Hall–Kier alpha value is -2.74. The lowest BCUT2D eigenvalue weighted by atomic mass is 9.94. The summed E-state index contributed by atoms with van der Waals surface area (Å²) in [4.78, 5) is 2.17. The fraction of sp³-hybridized carbons (Fsp3) is 0.333. The Balaban J connectivity index is 1.72. The molecule has 4 nitrogen and oxygen atoms in total. The van der Waals surface area contributed by atoms with Crippen LogP contribution in [0.5, 0.6) is 11.5 Å². The van der Waals surface area contributed by atoms with Crippen molar-refractivity contribution in [3.8, 4) is 11.5 Å². The van der Waals surface area contributed by atoms with Crippen molar-refractivity contribution in [1.82, 2.24) is 10.2 Å². The predicted octanol–water partition coefficient (Wildman–Crippen LogP) is 6.33. The SMILES string of the molecule is COc1cc(C(c2cc(C(F)(F)F)ccc2Cl)N2CCCNCC2)ccc1OCc1ccccc1. The maximum absolute atomic E-state index is 13.6. The van der Waals surface area contributed by atoms with Crippen molar-refractivity contribution >= 4 is 11.6 Å². The lowest BCUT2D eigenvalue weighted by Gasteiger charge is -2.32. The molecule has 3 aromatic rings. The molecule has 0 saturated carbocycles. The summed E-state index contributed by atoms with van der Waals surface area (Å²) >= 11 is 6.51. The highest BCUT2D eigenvalue weighted by Crippen LogP contribution is 2.40. The fourth-order valence-corrected chi connectivity index (χ4v) is 4.57. The van der Waals surface area contributed by atoms with Gasteiger partial charge in [0.2, 0.25) is 0 Å². The Labute approximate surface area is 208 Å². The zero-order valence-corrected chi connectivity index (χ0v) is 20.2. The highest BCUT2D eigenvalue weighted by Gasteiger charge is 2.33. The first-order valence-corrected chi connectivity index (χ1v) is 11.9. The summed E-state index contributed by atoms with van der Waals surface area (Å²) < 4.78 is 52.3. The van der Waals surface area contributed by atoms with Crippen LogP contribution in [0.15, 0.2) is 66.7 Å². The Kier molecular flexibility index (Phi) is 8.21. The van der Waals surface area contributed by atoms with E-state index in [1.54, 1.807) is 7.11 Å². The molecule has 0 aliphatic carbocycles. The number of ether oxygens (including phenoxy) is 2. The van der Waals surface area contributed by atoms with Crippen molar-refractivity contribution in [2.45, 2.75) is 25.2 Å². The molecule has 1 N–H and O–H groups in total. The molecule has 1 heterocycles. The number of halogens is 4. The Morgan fingerprint density at radius 2 is 1.77 bits per heavy atom. The molecular weight excluding hydrogens is 477 g/mol. The highest BCUT2D eigenvalue weighted by molar-refractivity contribution is 6.31. The average Bonchev–Trinajstić information content (AvgIpc) is 3.14. The van der Waals surface area contributed by atoms with Crippen LogP contribution in [0.25, 0.3) is 0 Å².